The van der Waals surface area contributed by atoms with Crippen molar-refractivity contribution in [2.24, 2.45) is 0 Å². The normalized spacial score (nSPS) is 32.5. The van der Waals surface area contributed by atoms with Gasteiger partial charge in [-0.25, -0.2) is 0 Å². The van der Waals surface area contributed by atoms with Crippen LogP contribution in [0.25, 0.3) is 0 Å². The molecule has 0 aromatic rings. The molecule has 0 atom stereocenters. The SMILES string of the molecule is O=S1(=O)ON[N+]2(NO1)NOS(=O)(=O)ON2. The summed E-state index contributed by atoms with van der Waals surface area (Å²) in [6.45, 7) is 0. The molecule has 2 heterocycles. The van der Waals surface area contributed by atoms with E-state index in [1.165, 1.54) is 0 Å². The van der Waals surface area contributed by atoms with Gasteiger partial charge >= 0.3 is 20.8 Å². The van der Waals surface area contributed by atoms with Gasteiger partial charge in [-0.05, 0) is 0 Å². The molecule has 0 aliphatic carbocycles. The summed E-state index contributed by atoms with van der Waals surface area (Å²) in [6.07, 6.45) is 0. The van der Waals surface area contributed by atoms with E-state index in [-0.39, 0.29) is 0 Å². The van der Waals surface area contributed by atoms with Gasteiger partial charge in [-0.15, -0.1) is 17.1 Å². The summed E-state index contributed by atoms with van der Waals surface area (Å²) in [7, 11) is -8.53. The van der Waals surface area contributed by atoms with E-state index in [0.717, 1.165) is 0 Å². The number of hydrogen-bond acceptors (Lipinski definition) is 12. The number of rotatable bonds is 0. The van der Waals surface area contributed by atoms with Crippen molar-refractivity contribution >= 4 is 20.8 Å². The first-order valence-corrected chi connectivity index (χ1v) is 5.71. The van der Waals surface area contributed by atoms with Crippen LogP contribution in [0.3, 0.4) is 0 Å². The third-order valence-electron chi connectivity index (χ3n) is 1.11. The number of nitrogens with one attached hydrogen (secondary N) is 4. The Morgan fingerprint density at radius 2 is 0.933 bits per heavy atom. The van der Waals surface area contributed by atoms with Crippen LogP contribution in [0.2, 0.25) is 0 Å². The maximum Gasteiger partial charge on any atom is 0.440 e. The molecule has 15 heavy (non-hydrogen) atoms. The van der Waals surface area contributed by atoms with Gasteiger partial charge in [-0.1, -0.05) is 0 Å². The lowest BCUT2D eigenvalue weighted by Gasteiger charge is -2.34. The average molecular weight is 266 g/mol. The molecule has 2 saturated heterocycles. The Labute approximate surface area is 82.8 Å². The number of hydrogen-bond donors (Lipinski definition) is 4. The summed E-state index contributed by atoms with van der Waals surface area (Å²) in [6, 6.07) is 0. The predicted molar refractivity (Wildman–Crippen MR) is 35.0 cm³/mol. The second kappa shape index (κ2) is 3.26. The molecule has 88 valence electrons. The van der Waals surface area contributed by atoms with E-state index in [9.17, 15) is 16.8 Å². The van der Waals surface area contributed by atoms with Crippen LogP contribution < -0.4 is 22.4 Å². The highest BCUT2D eigenvalue weighted by atomic mass is 32.3. The first-order chi connectivity index (χ1) is 6.83. The van der Waals surface area contributed by atoms with Gasteiger partial charge in [0.15, 0.2) is 0 Å². The third kappa shape index (κ3) is 2.38. The molecular weight excluding hydrogens is 262 g/mol. The monoisotopic (exact) mass is 266 g/mol. The standard InChI is InChI=1S/H4N5O8S2/c6-14(7)10-1-5(2-11-14)3-12-15(8,9)13-4-5/h1-4H/q+1. The maximum absolute atomic E-state index is 10.6. The summed E-state index contributed by atoms with van der Waals surface area (Å²) in [5, 5.41) is 0. The molecule has 2 rings (SSSR count). The van der Waals surface area contributed by atoms with Crippen LogP contribution in [0, 0.1) is 0 Å². The van der Waals surface area contributed by atoms with E-state index >= 15 is 0 Å². The molecule has 15 heteroatoms. The van der Waals surface area contributed by atoms with Crippen LogP contribution in [0.5, 0.6) is 0 Å². The Balaban J connectivity index is 2.07. The Morgan fingerprint density at radius 1 is 0.667 bits per heavy atom. The molecule has 1 spiro atoms. The molecule has 2 fully saturated rings. The zero-order valence-electron chi connectivity index (χ0n) is 6.53. The van der Waals surface area contributed by atoms with Crippen LogP contribution >= 0.6 is 0 Å². The summed E-state index contributed by atoms with van der Waals surface area (Å²) >= 11 is 0. The van der Waals surface area contributed by atoms with Crippen LogP contribution in [-0.4, -0.2) is 21.8 Å². The minimum absolute atomic E-state index is 1.20. The first kappa shape index (κ1) is 11.0. The van der Waals surface area contributed by atoms with E-state index in [4.69, 9.17) is 0 Å². The van der Waals surface area contributed by atoms with Gasteiger partial charge in [-0.2, -0.15) is 16.8 Å². The summed E-state index contributed by atoms with van der Waals surface area (Å²) in [5.41, 5.74) is 6.96. The van der Waals surface area contributed by atoms with Crippen molar-refractivity contribution in [3.8, 4) is 0 Å². The van der Waals surface area contributed by atoms with Crippen LogP contribution in [0.4, 0.5) is 0 Å². The minimum atomic E-state index is -4.27. The van der Waals surface area contributed by atoms with E-state index in [1.807, 2.05) is 0 Å². The van der Waals surface area contributed by atoms with E-state index in [2.05, 4.69) is 17.1 Å². The highest BCUT2D eigenvalue weighted by molar-refractivity contribution is 7.82. The Bertz CT molecular complexity index is 372. The summed E-state index contributed by atoms with van der Waals surface area (Å²) < 4.78 is 58.1. The molecule has 13 nitrogen and oxygen atoms in total. The lowest BCUT2D eigenvalue weighted by atomic mass is 11.9. The second-order valence-electron chi connectivity index (χ2n) is 2.19. The lowest BCUT2D eigenvalue weighted by molar-refractivity contribution is -1.15. The average Bonchev–Trinajstić information content (AvgIpc) is 2.15. The fraction of sp³-hybridized carbons (Fsp3) is 0. The Hall–Kier alpha value is -0.460. The van der Waals surface area contributed by atoms with Crippen LogP contribution in [-0.2, 0) is 37.9 Å². The van der Waals surface area contributed by atoms with E-state index in [1.54, 1.807) is 22.4 Å². The molecule has 0 saturated carbocycles. The van der Waals surface area contributed by atoms with Gasteiger partial charge in [0.2, 0.25) is 0 Å². The second-order valence-corrected chi connectivity index (χ2v) is 4.49. The molecule has 2 aliphatic rings. The van der Waals surface area contributed by atoms with Gasteiger partial charge < -0.3 is 0 Å². The Kier molecular flexibility index (Phi) is 2.40. The predicted octanol–water partition coefficient (Wildman–Crippen LogP) is -3.94. The molecule has 0 unspecified atom stereocenters. The Morgan fingerprint density at radius 3 is 1.20 bits per heavy atom. The molecule has 0 aromatic heterocycles. The maximum atomic E-state index is 10.6. The van der Waals surface area contributed by atoms with E-state index in [0.29, 0.717) is 0 Å². The minimum Gasteiger partial charge on any atom is -0.166 e. The highest BCUT2D eigenvalue weighted by Gasteiger charge is 2.47. The quantitative estimate of drug-likeness (QED) is 0.316. The fourth-order valence-electron chi connectivity index (χ4n) is 0.552. The van der Waals surface area contributed by atoms with Crippen molar-refractivity contribution in [3.05, 3.63) is 0 Å². The van der Waals surface area contributed by atoms with Crippen molar-refractivity contribution in [2.75, 3.05) is 0 Å². The van der Waals surface area contributed by atoms with Crippen molar-refractivity contribution in [2.45, 2.75) is 0 Å². The zero-order chi connectivity index (χ0) is 11.2. The lowest BCUT2D eigenvalue weighted by Crippen LogP contribution is -2.83. The molecule has 0 amide bonds. The van der Waals surface area contributed by atoms with E-state index < -0.39 is 25.7 Å². The summed E-state index contributed by atoms with van der Waals surface area (Å²) in [4.78, 5) is -1.20. The number of quaternary nitrogens is 1. The number of nitrogens with zero attached hydrogens (tertiary/aromatic N) is 1. The van der Waals surface area contributed by atoms with Gasteiger partial charge in [0.05, 0.1) is 4.92 Å². The van der Waals surface area contributed by atoms with Gasteiger partial charge in [0, 0.05) is 22.4 Å². The van der Waals surface area contributed by atoms with Crippen LogP contribution in [0.1, 0.15) is 0 Å². The molecular formula is H4N5O8S2+. The van der Waals surface area contributed by atoms with Gasteiger partial charge in [-0.3, -0.25) is 0 Å². The smallest absolute Gasteiger partial charge is 0.166 e. The topological polar surface area (TPSA) is 153 Å². The summed E-state index contributed by atoms with van der Waals surface area (Å²) in [5.74, 6) is 0. The largest absolute Gasteiger partial charge is 0.440 e. The van der Waals surface area contributed by atoms with Crippen molar-refractivity contribution in [3.63, 3.8) is 0 Å². The molecule has 0 radical (unpaired) electrons. The fourth-order valence-corrected chi connectivity index (χ4v) is 1.43. The zero-order valence-corrected chi connectivity index (χ0v) is 8.16. The third-order valence-corrected chi connectivity index (χ3v) is 2.22. The highest BCUT2D eigenvalue weighted by Crippen LogP contribution is 2.07. The van der Waals surface area contributed by atoms with Crippen molar-refractivity contribution in [1.29, 1.82) is 0 Å². The molecule has 0 aromatic carbocycles. The van der Waals surface area contributed by atoms with Crippen molar-refractivity contribution < 1.29 is 38.9 Å². The molecule has 4 N–H and O–H groups in total. The van der Waals surface area contributed by atoms with Crippen LogP contribution in [0.15, 0.2) is 0 Å². The first-order valence-electron chi connectivity index (χ1n) is 3.04. The van der Waals surface area contributed by atoms with Gasteiger partial charge in [0.25, 0.3) is 0 Å². The van der Waals surface area contributed by atoms with Gasteiger partial charge in [0.1, 0.15) is 0 Å². The molecule has 2 aliphatic heterocycles. The molecule has 0 bridgehead atoms. The van der Waals surface area contributed by atoms with Crippen molar-refractivity contribution in [1.82, 2.24) is 22.4 Å².